The van der Waals surface area contributed by atoms with E-state index in [0.717, 1.165) is 55.3 Å². The summed E-state index contributed by atoms with van der Waals surface area (Å²) in [7, 11) is 1.74. The topological polar surface area (TPSA) is 52.4 Å². The van der Waals surface area contributed by atoms with Crippen molar-refractivity contribution < 1.29 is 9.47 Å². The minimum absolute atomic E-state index is 0.408. The summed E-state index contributed by atoms with van der Waals surface area (Å²) in [5.41, 5.74) is 3.17. The zero-order chi connectivity index (χ0) is 19.3. The van der Waals surface area contributed by atoms with Crippen molar-refractivity contribution in [3.63, 3.8) is 0 Å². The first-order valence-corrected chi connectivity index (χ1v) is 10.0. The number of ether oxygens (including phenoxy) is 2. The third-order valence-corrected chi connectivity index (χ3v) is 5.36. The van der Waals surface area contributed by atoms with Gasteiger partial charge in [0.15, 0.2) is 5.65 Å². The van der Waals surface area contributed by atoms with Gasteiger partial charge in [0.05, 0.1) is 13.2 Å². The Bertz CT molecular complexity index is 924. The predicted molar refractivity (Wildman–Crippen MR) is 110 cm³/mol. The van der Waals surface area contributed by atoms with Crippen LogP contribution in [-0.2, 0) is 17.8 Å². The quantitative estimate of drug-likeness (QED) is 0.599. The normalized spacial score (nSPS) is 17.4. The molecule has 0 amide bonds. The zero-order valence-electron chi connectivity index (χ0n) is 16.7. The van der Waals surface area contributed by atoms with Gasteiger partial charge in [-0.2, -0.15) is 0 Å². The van der Waals surface area contributed by atoms with Gasteiger partial charge < -0.3 is 14.0 Å². The van der Waals surface area contributed by atoms with Gasteiger partial charge in [0.2, 0.25) is 0 Å². The molecule has 0 radical (unpaired) electrons. The highest BCUT2D eigenvalue weighted by Crippen LogP contribution is 2.31. The number of pyridine rings is 1. The number of para-hydroxylation sites is 1. The molecular weight excluding hydrogens is 352 g/mol. The molecular formula is C22H28N4O2. The highest BCUT2D eigenvalue weighted by atomic mass is 16.5. The average Bonchev–Trinajstić information content (AvgIpc) is 3.32. The van der Waals surface area contributed by atoms with Crippen LogP contribution in [0.4, 0.5) is 0 Å². The lowest BCUT2D eigenvalue weighted by molar-refractivity contribution is 0.186. The van der Waals surface area contributed by atoms with Crippen LogP contribution in [0, 0.1) is 0 Å². The fraction of sp³-hybridized carbons (Fsp3) is 0.455. The maximum Gasteiger partial charge on any atom is 0.160 e. The maximum absolute atomic E-state index is 5.80. The van der Waals surface area contributed by atoms with E-state index in [1.807, 2.05) is 31.3 Å². The van der Waals surface area contributed by atoms with Crippen molar-refractivity contribution in [2.75, 3.05) is 33.4 Å². The fourth-order valence-corrected chi connectivity index (χ4v) is 4.05. The van der Waals surface area contributed by atoms with Crippen LogP contribution < -0.4 is 4.74 Å². The Balaban J connectivity index is 1.53. The SMILES string of the molecule is CCOc1ccccc1CN1CCC(c2nc3cccnc3n2CCOC)C1. The Hall–Kier alpha value is -2.44. The van der Waals surface area contributed by atoms with Crippen molar-refractivity contribution in [1.29, 1.82) is 0 Å². The van der Waals surface area contributed by atoms with E-state index in [0.29, 0.717) is 19.1 Å². The molecule has 6 nitrogen and oxygen atoms in total. The lowest BCUT2D eigenvalue weighted by atomic mass is 10.1. The maximum atomic E-state index is 5.80. The van der Waals surface area contributed by atoms with E-state index >= 15 is 0 Å². The van der Waals surface area contributed by atoms with E-state index < -0.39 is 0 Å². The van der Waals surface area contributed by atoms with Gasteiger partial charge >= 0.3 is 0 Å². The third-order valence-electron chi connectivity index (χ3n) is 5.36. The monoisotopic (exact) mass is 380 g/mol. The molecule has 6 heteroatoms. The van der Waals surface area contributed by atoms with Crippen LogP contribution in [0.1, 0.15) is 30.7 Å². The summed E-state index contributed by atoms with van der Waals surface area (Å²) in [6.45, 7) is 7.12. The molecule has 1 aromatic carbocycles. The van der Waals surface area contributed by atoms with E-state index in [1.165, 1.54) is 5.56 Å². The molecule has 0 N–H and O–H groups in total. The second kappa shape index (κ2) is 8.71. The molecule has 1 saturated heterocycles. The van der Waals surface area contributed by atoms with E-state index in [-0.39, 0.29) is 0 Å². The Labute approximate surface area is 166 Å². The van der Waals surface area contributed by atoms with Gasteiger partial charge in [0.25, 0.3) is 0 Å². The molecule has 28 heavy (non-hydrogen) atoms. The minimum Gasteiger partial charge on any atom is -0.494 e. The van der Waals surface area contributed by atoms with E-state index in [4.69, 9.17) is 14.5 Å². The number of methoxy groups -OCH3 is 1. The Morgan fingerprint density at radius 3 is 2.93 bits per heavy atom. The van der Waals surface area contributed by atoms with Crippen molar-refractivity contribution in [3.05, 3.63) is 54.0 Å². The smallest absolute Gasteiger partial charge is 0.160 e. The fourth-order valence-electron chi connectivity index (χ4n) is 4.05. The molecule has 1 fully saturated rings. The van der Waals surface area contributed by atoms with Crippen molar-refractivity contribution in [2.24, 2.45) is 0 Å². The Morgan fingerprint density at radius 2 is 2.07 bits per heavy atom. The summed E-state index contributed by atoms with van der Waals surface area (Å²) in [6, 6.07) is 12.3. The standard InChI is InChI=1S/C22H28N4O2/c1-3-28-20-9-5-4-7-17(20)15-25-12-10-18(16-25)21-24-19-8-6-11-23-22(19)26(21)13-14-27-2/h4-9,11,18H,3,10,12-16H2,1-2H3. The number of fused-ring (bicyclic) bond motifs is 1. The van der Waals surface area contributed by atoms with Gasteiger partial charge in [-0.3, -0.25) is 4.90 Å². The molecule has 0 saturated carbocycles. The molecule has 3 aromatic rings. The van der Waals surface area contributed by atoms with Crippen LogP contribution in [0.2, 0.25) is 0 Å². The second-order valence-electron chi connectivity index (χ2n) is 7.22. The van der Waals surface area contributed by atoms with Crippen molar-refractivity contribution in [3.8, 4) is 5.75 Å². The van der Waals surface area contributed by atoms with Gasteiger partial charge in [-0.25, -0.2) is 9.97 Å². The van der Waals surface area contributed by atoms with Gasteiger partial charge in [0.1, 0.15) is 17.1 Å². The second-order valence-corrected chi connectivity index (χ2v) is 7.22. The number of imidazole rings is 1. The highest BCUT2D eigenvalue weighted by Gasteiger charge is 2.29. The van der Waals surface area contributed by atoms with Crippen molar-refractivity contribution in [1.82, 2.24) is 19.4 Å². The van der Waals surface area contributed by atoms with Crippen LogP contribution in [0.3, 0.4) is 0 Å². The van der Waals surface area contributed by atoms with Crippen LogP contribution >= 0.6 is 0 Å². The van der Waals surface area contributed by atoms with Crippen LogP contribution in [0.5, 0.6) is 5.75 Å². The molecule has 0 spiro atoms. The molecule has 2 aromatic heterocycles. The molecule has 148 valence electrons. The van der Waals surface area contributed by atoms with Gasteiger partial charge in [-0.1, -0.05) is 18.2 Å². The summed E-state index contributed by atoms with van der Waals surface area (Å²) >= 11 is 0. The van der Waals surface area contributed by atoms with Crippen LogP contribution in [0.25, 0.3) is 11.2 Å². The molecule has 0 bridgehead atoms. The first-order valence-electron chi connectivity index (χ1n) is 10.0. The van der Waals surface area contributed by atoms with Crippen molar-refractivity contribution in [2.45, 2.75) is 32.4 Å². The van der Waals surface area contributed by atoms with Gasteiger partial charge in [0, 0.05) is 44.4 Å². The molecule has 1 aliphatic heterocycles. The minimum atomic E-state index is 0.408. The largest absolute Gasteiger partial charge is 0.494 e. The molecule has 4 rings (SSSR count). The van der Waals surface area contributed by atoms with Crippen LogP contribution in [0.15, 0.2) is 42.6 Å². The summed E-state index contributed by atoms with van der Waals surface area (Å²) in [6.07, 6.45) is 2.94. The number of hydrogen-bond donors (Lipinski definition) is 0. The number of rotatable bonds is 8. The van der Waals surface area contributed by atoms with Crippen LogP contribution in [-0.4, -0.2) is 52.8 Å². The number of hydrogen-bond acceptors (Lipinski definition) is 5. The number of aromatic nitrogens is 3. The van der Waals surface area contributed by atoms with Crippen molar-refractivity contribution >= 4 is 11.2 Å². The average molecular weight is 380 g/mol. The third kappa shape index (κ3) is 3.88. The number of nitrogens with zero attached hydrogens (tertiary/aromatic N) is 4. The molecule has 0 aliphatic carbocycles. The molecule has 3 heterocycles. The molecule has 1 atom stereocenters. The summed E-state index contributed by atoms with van der Waals surface area (Å²) in [4.78, 5) is 12.0. The Kier molecular flexibility index (Phi) is 5.88. The lowest BCUT2D eigenvalue weighted by Gasteiger charge is -2.18. The first-order chi connectivity index (χ1) is 13.8. The van der Waals surface area contributed by atoms with E-state index in [1.54, 1.807) is 7.11 Å². The van der Waals surface area contributed by atoms with E-state index in [9.17, 15) is 0 Å². The van der Waals surface area contributed by atoms with Gasteiger partial charge in [-0.05, 0) is 38.1 Å². The van der Waals surface area contributed by atoms with Gasteiger partial charge in [-0.15, -0.1) is 0 Å². The highest BCUT2D eigenvalue weighted by molar-refractivity contribution is 5.71. The Morgan fingerprint density at radius 1 is 1.18 bits per heavy atom. The first kappa shape index (κ1) is 18.9. The number of likely N-dealkylation sites (tertiary alicyclic amines) is 1. The summed E-state index contributed by atoms with van der Waals surface area (Å²) in [5.74, 6) is 2.53. The zero-order valence-corrected chi connectivity index (χ0v) is 16.7. The summed E-state index contributed by atoms with van der Waals surface area (Å²) < 4.78 is 13.4. The predicted octanol–water partition coefficient (Wildman–Crippen LogP) is 3.47. The van der Waals surface area contributed by atoms with E-state index in [2.05, 4.69) is 32.7 Å². The summed E-state index contributed by atoms with van der Waals surface area (Å²) in [5, 5.41) is 0. The lowest BCUT2D eigenvalue weighted by Crippen LogP contribution is -2.21. The number of benzene rings is 1. The molecule has 1 unspecified atom stereocenters. The molecule has 1 aliphatic rings.